The molecule has 0 aliphatic heterocycles. The lowest BCUT2D eigenvalue weighted by Crippen LogP contribution is -2.09. The zero-order valence-corrected chi connectivity index (χ0v) is 25.0. The zero-order valence-electron chi connectivity index (χ0n) is 24.2. The van der Waals surface area contributed by atoms with Crippen LogP contribution >= 0.6 is 11.3 Å². The van der Waals surface area contributed by atoms with Crippen molar-refractivity contribution >= 4 is 70.4 Å². The summed E-state index contributed by atoms with van der Waals surface area (Å²) in [6.45, 7) is 0. The fraction of sp³-hybridized carbons (Fsp3) is 0. The van der Waals surface area contributed by atoms with Crippen LogP contribution in [0.3, 0.4) is 0 Å². The van der Waals surface area contributed by atoms with E-state index in [1.807, 2.05) is 47.7 Å². The van der Waals surface area contributed by atoms with Gasteiger partial charge in [0.05, 0.1) is 0 Å². The molecule has 0 bridgehead atoms. The standard InChI is InChI=1S/C41H26N2OS/c1-3-9-27(10-4-1)28-15-18-31(19-16-28)43(33-21-23-36-35-13-7-8-14-38(35)45-39(36)26-33)32-20-22-34-30(25-32)17-24-37-40(34)42-41(44-37)29-11-5-2-6-12-29/h1-26H. The van der Waals surface area contributed by atoms with E-state index in [0.29, 0.717) is 5.89 Å². The summed E-state index contributed by atoms with van der Waals surface area (Å²) in [7, 11) is 0. The minimum atomic E-state index is 0.638. The Bertz CT molecular complexity index is 2480. The summed E-state index contributed by atoms with van der Waals surface area (Å²) in [5.41, 5.74) is 8.35. The molecule has 0 atom stereocenters. The second kappa shape index (κ2) is 10.5. The number of hydrogen-bond donors (Lipinski definition) is 0. The van der Waals surface area contributed by atoms with Gasteiger partial charge in [0.15, 0.2) is 5.58 Å². The van der Waals surface area contributed by atoms with Gasteiger partial charge in [0.1, 0.15) is 5.52 Å². The molecule has 0 amide bonds. The summed E-state index contributed by atoms with van der Waals surface area (Å²) >= 11 is 1.84. The first-order valence-corrected chi connectivity index (χ1v) is 15.9. The van der Waals surface area contributed by atoms with Crippen LogP contribution in [0.15, 0.2) is 162 Å². The number of thiophene rings is 1. The summed E-state index contributed by atoms with van der Waals surface area (Å²) in [6.07, 6.45) is 0. The van der Waals surface area contributed by atoms with Gasteiger partial charge in [-0.3, -0.25) is 0 Å². The molecular formula is C41H26N2OS. The number of anilines is 3. The highest BCUT2D eigenvalue weighted by Gasteiger charge is 2.17. The van der Waals surface area contributed by atoms with E-state index in [-0.39, 0.29) is 0 Å². The molecule has 9 rings (SSSR count). The van der Waals surface area contributed by atoms with Crippen LogP contribution in [-0.4, -0.2) is 4.98 Å². The molecule has 0 spiro atoms. The first-order valence-electron chi connectivity index (χ1n) is 15.0. The van der Waals surface area contributed by atoms with Gasteiger partial charge in [-0.1, -0.05) is 91.0 Å². The molecule has 212 valence electrons. The van der Waals surface area contributed by atoms with Gasteiger partial charge < -0.3 is 9.32 Å². The van der Waals surface area contributed by atoms with Crippen molar-refractivity contribution < 1.29 is 4.42 Å². The fourth-order valence-corrected chi connectivity index (χ4v) is 7.42. The molecule has 45 heavy (non-hydrogen) atoms. The lowest BCUT2D eigenvalue weighted by atomic mass is 10.0. The molecule has 2 aromatic heterocycles. The van der Waals surface area contributed by atoms with Gasteiger partial charge in [-0.25, -0.2) is 4.98 Å². The van der Waals surface area contributed by atoms with Crippen molar-refractivity contribution in [2.45, 2.75) is 0 Å². The van der Waals surface area contributed by atoms with Crippen LogP contribution in [0.25, 0.3) is 64.6 Å². The van der Waals surface area contributed by atoms with Crippen LogP contribution in [0.1, 0.15) is 0 Å². The van der Waals surface area contributed by atoms with Gasteiger partial charge in [-0.15, -0.1) is 11.3 Å². The highest BCUT2D eigenvalue weighted by molar-refractivity contribution is 7.25. The molecule has 0 aliphatic rings. The van der Waals surface area contributed by atoms with Crippen LogP contribution in [-0.2, 0) is 0 Å². The van der Waals surface area contributed by atoms with Gasteiger partial charge in [0, 0.05) is 48.2 Å². The Morgan fingerprint density at radius 3 is 1.89 bits per heavy atom. The Kier molecular flexibility index (Phi) is 6.00. The number of rotatable bonds is 5. The van der Waals surface area contributed by atoms with E-state index < -0.39 is 0 Å². The van der Waals surface area contributed by atoms with Gasteiger partial charge >= 0.3 is 0 Å². The summed E-state index contributed by atoms with van der Waals surface area (Å²) in [4.78, 5) is 7.26. The van der Waals surface area contributed by atoms with Crippen molar-refractivity contribution in [3.63, 3.8) is 0 Å². The van der Waals surface area contributed by atoms with Crippen molar-refractivity contribution in [3.05, 3.63) is 158 Å². The summed E-state index contributed by atoms with van der Waals surface area (Å²) in [6, 6.07) is 55.7. The van der Waals surface area contributed by atoms with E-state index in [1.165, 1.54) is 31.3 Å². The van der Waals surface area contributed by atoms with E-state index in [4.69, 9.17) is 9.40 Å². The molecular weight excluding hydrogens is 569 g/mol. The monoisotopic (exact) mass is 594 g/mol. The number of hydrogen-bond acceptors (Lipinski definition) is 4. The fourth-order valence-electron chi connectivity index (χ4n) is 6.28. The molecule has 0 radical (unpaired) electrons. The van der Waals surface area contributed by atoms with Gasteiger partial charge in [0.25, 0.3) is 0 Å². The summed E-state index contributed by atoms with van der Waals surface area (Å²) in [5, 5.41) is 4.78. The second-order valence-corrected chi connectivity index (χ2v) is 12.3. The van der Waals surface area contributed by atoms with Crippen LogP contribution < -0.4 is 4.90 Å². The third-order valence-corrected chi connectivity index (χ3v) is 9.62. The molecule has 0 saturated carbocycles. The first kappa shape index (κ1) is 25.8. The van der Waals surface area contributed by atoms with Crippen LogP contribution in [0.4, 0.5) is 17.1 Å². The smallest absolute Gasteiger partial charge is 0.227 e. The predicted molar refractivity (Wildman–Crippen MR) is 190 cm³/mol. The maximum Gasteiger partial charge on any atom is 0.227 e. The third-order valence-electron chi connectivity index (χ3n) is 8.49. The minimum absolute atomic E-state index is 0.638. The van der Waals surface area contributed by atoms with E-state index in [0.717, 1.165) is 44.5 Å². The average Bonchev–Trinajstić information content (AvgIpc) is 3.71. The van der Waals surface area contributed by atoms with Crippen molar-refractivity contribution in [1.29, 1.82) is 0 Å². The molecule has 4 heteroatoms. The van der Waals surface area contributed by atoms with Crippen LogP contribution in [0.5, 0.6) is 0 Å². The lowest BCUT2D eigenvalue weighted by molar-refractivity contribution is 0.620. The van der Waals surface area contributed by atoms with Crippen molar-refractivity contribution in [2.24, 2.45) is 0 Å². The number of oxazole rings is 1. The highest BCUT2D eigenvalue weighted by atomic mass is 32.1. The maximum atomic E-state index is 6.17. The van der Waals surface area contributed by atoms with Crippen LogP contribution in [0.2, 0.25) is 0 Å². The van der Waals surface area contributed by atoms with Crippen LogP contribution in [0, 0.1) is 0 Å². The van der Waals surface area contributed by atoms with E-state index >= 15 is 0 Å². The zero-order chi connectivity index (χ0) is 29.7. The lowest BCUT2D eigenvalue weighted by Gasteiger charge is -2.26. The number of benzene rings is 7. The Morgan fingerprint density at radius 2 is 1.09 bits per heavy atom. The largest absolute Gasteiger partial charge is 0.436 e. The first-order chi connectivity index (χ1) is 22.3. The van der Waals surface area contributed by atoms with E-state index in [2.05, 4.69) is 126 Å². The normalized spacial score (nSPS) is 11.6. The molecule has 3 nitrogen and oxygen atoms in total. The van der Waals surface area contributed by atoms with Gasteiger partial charge in [0.2, 0.25) is 5.89 Å². The minimum Gasteiger partial charge on any atom is -0.436 e. The molecule has 0 N–H and O–H groups in total. The van der Waals surface area contributed by atoms with E-state index in [1.54, 1.807) is 0 Å². The topological polar surface area (TPSA) is 29.3 Å². The quantitative estimate of drug-likeness (QED) is 0.198. The molecule has 7 aromatic carbocycles. The summed E-state index contributed by atoms with van der Waals surface area (Å²) in [5.74, 6) is 0.638. The Morgan fingerprint density at radius 1 is 0.467 bits per heavy atom. The summed E-state index contributed by atoms with van der Waals surface area (Å²) < 4.78 is 8.75. The van der Waals surface area contributed by atoms with Crippen molar-refractivity contribution in [1.82, 2.24) is 4.98 Å². The van der Waals surface area contributed by atoms with Gasteiger partial charge in [-0.2, -0.15) is 0 Å². The molecule has 0 unspecified atom stereocenters. The number of nitrogens with zero attached hydrogens (tertiary/aromatic N) is 2. The highest BCUT2D eigenvalue weighted by Crippen LogP contribution is 2.42. The SMILES string of the molecule is c1ccc(-c2ccc(N(c3ccc4c(ccc5oc(-c6ccccc6)nc54)c3)c3ccc4c(c3)sc3ccccc34)cc2)cc1. The van der Waals surface area contributed by atoms with Crippen molar-refractivity contribution in [3.8, 4) is 22.6 Å². The number of aromatic nitrogens is 1. The third kappa shape index (κ3) is 4.46. The molecule has 2 heterocycles. The Hall–Kier alpha value is -5.71. The molecule has 0 aliphatic carbocycles. The maximum absolute atomic E-state index is 6.17. The Labute approximate surface area is 264 Å². The Balaban J connectivity index is 1.19. The molecule has 9 aromatic rings. The average molecular weight is 595 g/mol. The molecule has 0 fully saturated rings. The second-order valence-electron chi connectivity index (χ2n) is 11.2. The van der Waals surface area contributed by atoms with E-state index in [9.17, 15) is 0 Å². The van der Waals surface area contributed by atoms with Gasteiger partial charge in [-0.05, 0) is 83.2 Å². The van der Waals surface area contributed by atoms with Crippen molar-refractivity contribution in [2.75, 3.05) is 4.90 Å². The molecule has 0 saturated heterocycles. The predicted octanol–water partition coefficient (Wildman–Crippen LogP) is 12.2. The number of fused-ring (bicyclic) bond motifs is 6.